The Morgan fingerprint density at radius 2 is 1.08 bits per heavy atom. The Bertz CT molecular complexity index is 2450. The number of carbonyl (C=O) groups is 2. The number of nitrogens with zero attached hydrogens (tertiary/aromatic N) is 6. The van der Waals surface area contributed by atoms with Gasteiger partial charge in [-0.2, -0.15) is 0 Å². The van der Waals surface area contributed by atoms with Crippen molar-refractivity contribution in [3.8, 4) is 0 Å². The number of aromatic nitrogens is 4. The lowest BCUT2D eigenvalue weighted by Crippen LogP contribution is -2.49. The van der Waals surface area contributed by atoms with Gasteiger partial charge in [0, 0.05) is 26.9 Å². The van der Waals surface area contributed by atoms with E-state index in [1.807, 2.05) is 78.9 Å². The normalized spacial score (nSPS) is 19.6. The van der Waals surface area contributed by atoms with Crippen LogP contribution in [-0.2, 0) is 22.4 Å². The molecule has 0 bridgehead atoms. The van der Waals surface area contributed by atoms with E-state index in [-0.39, 0.29) is 29.4 Å². The summed E-state index contributed by atoms with van der Waals surface area (Å²) in [5, 5.41) is 0.868. The van der Waals surface area contributed by atoms with Gasteiger partial charge in [0.15, 0.2) is 5.82 Å². The van der Waals surface area contributed by atoms with Crippen molar-refractivity contribution in [1.29, 1.82) is 0 Å². The van der Waals surface area contributed by atoms with E-state index in [1.54, 1.807) is 64.9 Å². The molecule has 2 aromatic heterocycles. The van der Waals surface area contributed by atoms with Crippen LogP contribution in [0.5, 0.6) is 0 Å². The SMILES string of the molecule is CN1C(=O)[C@H](Cc2ccccc2)n2c(nc3ccccc3c2=O)/C1=C\C[C@H]1c2nc3ccccc3c(=O)n2[C@@H](Cc2ccccc2)C(=O)N1C. The zero-order chi connectivity index (χ0) is 34.5. The largest absolute Gasteiger partial charge is 0.333 e. The third-order valence-electron chi connectivity index (χ3n) is 9.95. The summed E-state index contributed by atoms with van der Waals surface area (Å²) in [7, 11) is 3.41. The number of rotatable bonds is 6. The number of carbonyl (C=O) groups excluding carboxylic acids is 2. The summed E-state index contributed by atoms with van der Waals surface area (Å²) >= 11 is 0. The molecule has 10 heteroatoms. The summed E-state index contributed by atoms with van der Waals surface area (Å²) in [5.74, 6) is 0.376. The zero-order valence-corrected chi connectivity index (χ0v) is 27.6. The van der Waals surface area contributed by atoms with E-state index < -0.39 is 18.1 Å². The van der Waals surface area contributed by atoms with Crippen LogP contribution in [0.25, 0.3) is 27.5 Å². The van der Waals surface area contributed by atoms with Gasteiger partial charge >= 0.3 is 0 Å². The molecule has 4 heterocycles. The molecule has 0 saturated heterocycles. The summed E-state index contributed by atoms with van der Waals surface area (Å²) < 4.78 is 3.07. The van der Waals surface area contributed by atoms with Crippen molar-refractivity contribution in [2.24, 2.45) is 0 Å². The van der Waals surface area contributed by atoms with Crippen molar-refractivity contribution in [3.05, 3.63) is 159 Å². The monoisotopic (exact) mass is 662 g/mol. The summed E-state index contributed by atoms with van der Waals surface area (Å²) in [6, 6.07) is 31.3. The van der Waals surface area contributed by atoms with Gasteiger partial charge < -0.3 is 9.80 Å². The minimum atomic E-state index is -0.802. The molecule has 0 saturated carbocycles. The van der Waals surface area contributed by atoms with Crippen molar-refractivity contribution in [1.82, 2.24) is 28.9 Å². The molecule has 248 valence electrons. The number of amides is 2. The molecule has 6 aromatic rings. The maximum Gasteiger partial charge on any atom is 0.262 e. The first-order valence-electron chi connectivity index (χ1n) is 16.7. The van der Waals surface area contributed by atoms with Crippen LogP contribution in [0.3, 0.4) is 0 Å². The second-order valence-corrected chi connectivity index (χ2v) is 12.9. The second-order valence-electron chi connectivity index (χ2n) is 12.9. The van der Waals surface area contributed by atoms with E-state index in [1.165, 1.54) is 4.57 Å². The van der Waals surface area contributed by atoms with Gasteiger partial charge in [0.1, 0.15) is 17.9 Å². The molecule has 0 aliphatic carbocycles. The first kappa shape index (κ1) is 31.1. The van der Waals surface area contributed by atoms with E-state index in [9.17, 15) is 19.2 Å². The van der Waals surface area contributed by atoms with E-state index in [4.69, 9.17) is 9.97 Å². The summed E-state index contributed by atoms with van der Waals surface area (Å²) in [4.78, 5) is 69.6. The zero-order valence-electron chi connectivity index (χ0n) is 27.6. The number of hydrogen-bond acceptors (Lipinski definition) is 6. The molecular weight excluding hydrogens is 628 g/mol. The molecule has 50 heavy (non-hydrogen) atoms. The topological polar surface area (TPSA) is 110 Å². The first-order valence-corrected chi connectivity index (χ1v) is 16.7. The lowest BCUT2D eigenvalue weighted by molar-refractivity contribution is -0.138. The average Bonchev–Trinajstić information content (AvgIpc) is 3.14. The van der Waals surface area contributed by atoms with Crippen molar-refractivity contribution < 1.29 is 9.59 Å². The van der Waals surface area contributed by atoms with Crippen LogP contribution in [0.4, 0.5) is 0 Å². The molecule has 0 fully saturated rings. The third kappa shape index (κ3) is 5.11. The molecule has 3 atom stereocenters. The van der Waals surface area contributed by atoms with Crippen molar-refractivity contribution in [2.45, 2.75) is 37.4 Å². The highest BCUT2D eigenvalue weighted by Gasteiger charge is 2.41. The molecule has 8 rings (SSSR count). The molecular formula is C40H34N6O4. The third-order valence-corrected chi connectivity index (χ3v) is 9.95. The Kier molecular flexibility index (Phi) is 7.71. The quantitative estimate of drug-likeness (QED) is 0.246. The fourth-order valence-electron chi connectivity index (χ4n) is 7.34. The highest BCUT2D eigenvalue weighted by molar-refractivity contribution is 5.93. The Hall–Kier alpha value is -6.16. The lowest BCUT2D eigenvalue weighted by Gasteiger charge is -2.39. The van der Waals surface area contributed by atoms with Crippen LogP contribution >= 0.6 is 0 Å². The van der Waals surface area contributed by atoms with Gasteiger partial charge in [0.2, 0.25) is 11.8 Å². The Labute approximate surface area is 287 Å². The number of fused-ring (bicyclic) bond motifs is 4. The summed E-state index contributed by atoms with van der Waals surface area (Å²) in [6.45, 7) is 0. The number of likely N-dealkylation sites (N-methyl/N-ethyl adjacent to an activating group) is 2. The van der Waals surface area contributed by atoms with Gasteiger partial charge in [-0.25, -0.2) is 9.97 Å². The van der Waals surface area contributed by atoms with Crippen molar-refractivity contribution >= 4 is 39.3 Å². The maximum atomic E-state index is 14.2. The molecule has 10 nitrogen and oxygen atoms in total. The number of benzene rings is 4. The van der Waals surface area contributed by atoms with Crippen LogP contribution in [0.1, 0.15) is 47.3 Å². The fraction of sp³-hybridized carbons (Fsp3) is 0.200. The van der Waals surface area contributed by atoms with E-state index in [0.29, 0.717) is 52.0 Å². The predicted octanol–water partition coefficient (Wildman–Crippen LogP) is 5.09. The van der Waals surface area contributed by atoms with Gasteiger partial charge in [-0.3, -0.25) is 28.3 Å². The predicted molar refractivity (Wildman–Crippen MR) is 191 cm³/mol. The minimum absolute atomic E-state index is 0.208. The van der Waals surface area contributed by atoms with E-state index in [2.05, 4.69) is 0 Å². The van der Waals surface area contributed by atoms with Crippen molar-refractivity contribution in [3.63, 3.8) is 0 Å². The van der Waals surface area contributed by atoms with Gasteiger partial charge in [-0.05, 0) is 41.8 Å². The summed E-state index contributed by atoms with van der Waals surface area (Å²) in [6.07, 6.45) is 2.70. The maximum absolute atomic E-state index is 14.2. The molecule has 2 aliphatic rings. The van der Waals surface area contributed by atoms with Gasteiger partial charge in [0.05, 0.1) is 33.5 Å². The van der Waals surface area contributed by atoms with Gasteiger partial charge in [-0.1, -0.05) is 91.0 Å². The highest BCUT2D eigenvalue weighted by atomic mass is 16.2. The molecule has 0 N–H and O–H groups in total. The minimum Gasteiger partial charge on any atom is -0.333 e. The first-order chi connectivity index (χ1) is 24.3. The number of hydrogen-bond donors (Lipinski definition) is 0. The molecule has 0 radical (unpaired) electrons. The number of para-hydroxylation sites is 2. The van der Waals surface area contributed by atoms with Crippen LogP contribution in [0.15, 0.2) is 125 Å². The molecule has 2 aliphatic heterocycles. The molecule has 2 amide bonds. The lowest BCUT2D eigenvalue weighted by atomic mass is 9.97. The fourth-order valence-corrected chi connectivity index (χ4v) is 7.34. The van der Waals surface area contributed by atoms with Crippen LogP contribution < -0.4 is 11.1 Å². The van der Waals surface area contributed by atoms with Gasteiger partial charge in [-0.15, -0.1) is 0 Å². The molecule has 4 aromatic carbocycles. The molecule has 0 unspecified atom stereocenters. The average molecular weight is 663 g/mol. The smallest absolute Gasteiger partial charge is 0.262 e. The summed E-state index contributed by atoms with van der Waals surface area (Å²) in [5.41, 5.74) is 2.80. The highest BCUT2D eigenvalue weighted by Crippen LogP contribution is 2.36. The van der Waals surface area contributed by atoms with Gasteiger partial charge in [0.25, 0.3) is 11.1 Å². The van der Waals surface area contributed by atoms with Crippen molar-refractivity contribution in [2.75, 3.05) is 14.1 Å². The van der Waals surface area contributed by atoms with Crippen LogP contribution in [0.2, 0.25) is 0 Å². The Balaban J connectivity index is 1.27. The van der Waals surface area contributed by atoms with E-state index >= 15 is 0 Å². The molecule has 0 spiro atoms. The second kappa shape index (κ2) is 12.4. The standard InChI is InChI=1S/C40H34N6O4/c1-43-31(35-41-29-19-11-9-17-27(29)37(47)45(35)33(39(43)49)23-25-13-5-3-6-14-25)21-22-32-36-42-30-20-12-10-18-28(30)38(48)46(36)34(40(50)44(32)2)24-26-15-7-4-8-16-26/h3-21,32-34H,22-24H2,1-2H3/b31-21+/t32-,33-,34-/m0/s1. The van der Waals surface area contributed by atoms with Crippen LogP contribution in [-0.4, -0.2) is 54.8 Å². The Morgan fingerprint density at radius 1 is 0.580 bits per heavy atom. The van der Waals surface area contributed by atoms with Crippen LogP contribution in [0, 0.1) is 0 Å². The Morgan fingerprint density at radius 3 is 1.68 bits per heavy atom. The van der Waals surface area contributed by atoms with E-state index in [0.717, 1.165) is 11.1 Å².